The summed E-state index contributed by atoms with van der Waals surface area (Å²) in [5, 5.41) is 2.95. The minimum absolute atomic E-state index is 0.157. The van der Waals surface area contributed by atoms with E-state index in [1.165, 1.54) is 18.2 Å². The molecule has 3 rings (SSSR count). The number of benzene rings is 1. The van der Waals surface area contributed by atoms with Crippen molar-refractivity contribution in [2.24, 2.45) is 11.1 Å². The van der Waals surface area contributed by atoms with Gasteiger partial charge in [0.15, 0.2) is 11.5 Å². The number of halogens is 3. The Morgan fingerprint density at radius 3 is 2.55 bits per heavy atom. The number of esters is 1. The first-order valence-electron chi connectivity index (χ1n) is 9.13. The second-order valence-corrected chi connectivity index (χ2v) is 6.54. The topological polar surface area (TPSA) is 84.8 Å². The lowest BCUT2D eigenvalue weighted by Crippen LogP contribution is -2.37. The predicted molar refractivity (Wildman–Crippen MR) is 99.5 cm³/mol. The molecule has 0 spiro atoms. The second kappa shape index (κ2) is 8.54. The van der Waals surface area contributed by atoms with Crippen molar-refractivity contribution in [1.82, 2.24) is 9.97 Å². The first-order chi connectivity index (χ1) is 13.9. The van der Waals surface area contributed by atoms with Gasteiger partial charge in [0.2, 0.25) is 0 Å². The monoisotopic (exact) mass is 408 g/mol. The minimum atomic E-state index is -4.61. The highest BCUT2D eigenvalue weighted by atomic mass is 19.4. The third-order valence-electron chi connectivity index (χ3n) is 4.80. The molecule has 1 aliphatic rings. The number of piperidine rings is 1. The van der Waals surface area contributed by atoms with E-state index in [9.17, 15) is 22.9 Å². The van der Waals surface area contributed by atoms with Gasteiger partial charge >= 0.3 is 12.1 Å². The van der Waals surface area contributed by atoms with Crippen molar-refractivity contribution >= 4 is 17.5 Å². The van der Waals surface area contributed by atoms with Crippen molar-refractivity contribution in [2.75, 3.05) is 24.6 Å². The molecule has 0 amide bonds. The molecule has 1 saturated heterocycles. The fraction of sp³-hybridized carbons (Fsp3) is 0.421. The standard InChI is InChI=1S/C19H19F3N4O3/c1-2-29-18(27)12-7-9-26(10-8-12)17-16(25-28)15(23-11-24-17)13-5-3-4-6-14(13)19(20,21)22/h3-6,11-12H,2,7-10H2,1H3. The quantitative estimate of drug-likeness (QED) is 0.541. The Hall–Kier alpha value is -3.04. The number of aromatic nitrogens is 2. The Balaban J connectivity index is 1.93. The van der Waals surface area contributed by atoms with Crippen LogP contribution in [0.2, 0.25) is 0 Å². The molecule has 1 aliphatic heterocycles. The number of anilines is 1. The SMILES string of the molecule is CCOC(=O)C1CCN(c2ncnc(-c3ccccc3C(F)(F)F)c2N=O)CC1. The fourth-order valence-electron chi connectivity index (χ4n) is 3.41. The first kappa shape index (κ1) is 20.7. The van der Waals surface area contributed by atoms with Crippen molar-refractivity contribution in [3.05, 3.63) is 41.1 Å². The number of nitrogens with zero attached hydrogens (tertiary/aromatic N) is 4. The summed E-state index contributed by atoms with van der Waals surface area (Å²) in [6.07, 6.45) is -2.53. The molecule has 2 aromatic rings. The van der Waals surface area contributed by atoms with Crippen molar-refractivity contribution in [3.63, 3.8) is 0 Å². The van der Waals surface area contributed by atoms with Crippen LogP contribution in [0.5, 0.6) is 0 Å². The van der Waals surface area contributed by atoms with Gasteiger partial charge in [-0.05, 0) is 31.0 Å². The minimum Gasteiger partial charge on any atom is -0.466 e. The molecule has 0 bridgehead atoms. The molecule has 0 aliphatic carbocycles. The van der Waals surface area contributed by atoms with Gasteiger partial charge in [0, 0.05) is 18.7 Å². The van der Waals surface area contributed by atoms with E-state index in [0.29, 0.717) is 32.5 Å². The highest BCUT2D eigenvalue weighted by Gasteiger charge is 2.35. The molecule has 7 nitrogen and oxygen atoms in total. The van der Waals surface area contributed by atoms with Crippen LogP contribution < -0.4 is 4.90 Å². The average molecular weight is 408 g/mol. The van der Waals surface area contributed by atoms with E-state index >= 15 is 0 Å². The van der Waals surface area contributed by atoms with Crippen molar-refractivity contribution < 1.29 is 22.7 Å². The van der Waals surface area contributed by atoms with Gasteiger partial charge in [0.25, 0.3) is 0 Å². The molecule has 0 radical (unpaired) electrons. The molecular weight excluding hydrogens is 389 g/mol. The fourth-order valence-corrected chi connectivity index (χ4v) is 3.41. The van der Waals surface area contributed by atoms with Gasteiger partial charge in [-0.25, -0.2) is 9.97 Å². The summed E-state index contributed by atoms with van der Waals surface area (Å²) in [4.78, 5) is 33.2. The van der Waals surface area contributed by atoms with Crippen LogP contribution in [0, 0.1) is 10.8 Å². The number of alkyl halides is 3. The van der Waals surface area contributed by atoms with Crippen molar-refractivity contribution in [1.29, 1.82) is 0 Å². The van der Waals surface area contributed by atoms with Gasteiger partial charge in [-0.15, -0.1) is 4.91 Å². The normalized spacial score (nSPS) is 15.2. The molecule has 1 aromatic carbocycles. The van der Waals surface area contributed by atoms with Crippen LogP contribution in [0.15, 0.2) is 35.8 Å². The maximum atomic E-state index is 13.4. The summed E-state index contributed by atoms with van der Waals surface area (Å²) >= 11 is 0. The smallest absolute Gasteiger partial charge is 0.417 e. The van der Waals surface area contributed by atoms with Crippen molar-refractivity contribution in [3.8, 4) is 11.3 Å². The maximum absolute atomic E-state index is 13.4. The molecule has 0 atom stereocenters. The number of hydrogen-bond donors (Lipinski definition) is 0. The Morgan fingerprint density at radius 1 is 1.24 bits per heavy atom. The Bertz CT molecular complexity index is 897. The van der Waals surface area contributed by atoms with Crippen molar-refractivity contribution in [2.45, 2.75) is 25.9 Å². The zero-order chi connectivity index (χ0) is 21.0. The van der Waals surface area contributed by atoms with Gasteiger partial charge < -0.3 is 9.64 Å². The molecule has 154 valence electrons. The van der Waals surface area contributed by atoms with Gasteiger partial charge in [0.05, 0.1) is 18.1 Å². The number of rotatable bonds is 5. The molecule has 0 unspecified atom stereocenters. The van der Waals surface area contributed by atoms with Crippen LogP contribution in [0.1, 0.15) is 25.3 Å². The third-order valence-corrected chi connectivity index (χ3v) is 4.80. The molecule has 2 heterocycles. The van der Waals surface area contributed by atoms with Crippen LogP contribution >= 0.6 is 0 Å². The van der Waals surface area contributed by atoms with E-state index in [0.717, 1.165) is 12.4 Å². The largest absolute Gasteiger partial charge is 0.466 e. The zero-order valence-electron chi connectivity index (χ0n) is 15.6. The molecule has 0 N–H and O–H groups in total. The Kier molecular flexibility index (Phi) is 6.09. The van der Waals surface area contributed by atoms with Crippen LogP contribution in [0.4, 0.5) is 24.7 Å². The van der Waals surface area contributed by atoms with E-state index < -0.39 is 11.7 Å². The van der Waals surface area contributed by atoms with Gasteiger partial charge in [0.1, 0.15) is 12.0 Å². The average Bonchev–Trinajstić information content (AvgIpc) is 2.73. The van der Waals surface area contributed by atoms with E-state index in [2.05, 4.69) is 15.1 Å². The van der Waals surface area contributed by atoms with Gasteiger partial charge in [-0.3, -0.25) is 4.79 Å². The summed E-state index contributed by atoms with van der Waals surface area (Å²) in [6.45, 7) is 2.81. The highest BCUT2D eigenvalue weighted by molar-refractivity contribution is 5.82. The number of ether oxygens (including phenoxy) is 1. The number of nitroso groups, excluding NO2 is 1. The van der Waals surface area contributed by atoms with Crippen LogP contribution in [-0.2, 0) is 15.7 Å². The van der Waals surface area contributed by atoms with E-state index in [1.807, 2.05) is 0 Å². The molecule has 1 aromatic heterocycles. The number of hydrogen-bond acceptors (Lipinski definition) is 7. The number of carbonyl (C=O) groups excluding carboxylic acids is 1. The summed E-state index contributed by atoms with van der Waals surface area (Å²) < 4.78 is 45.2. The molecule has 0 saturated carbocycles. The maximum Gasteiger partial charge on any atom is 0.417 e. The molecular formula is C19H19F3N4O3. The molecule has 10 heteroatoms. The lowest BCUT2D eigenvalue weighted by atomic mass is 9.96. The lowest BCUT2D eigenvalue weighted by Gasteiger charge is -2.32. The summed E-state index contributed by atoms with van der Waals surface area (Å²) in [5.41, 5.74) is -1.57. The Labute approximate surface area is 164 Å². The summed E-state index contributed by atoms with van der Waals surface area (Å²) in [6, 6.07) is 4.88. The van der Waals surface area contributed by atoms with E-state index in [1.54, 1.807) is 11.8 Å². The second-order valence-electron chi connectivity index (χ2n) is 6.54. The van der Waals surface area contributed by atoms with Crippen LogP contribution in [0.25, 0.3) is 11.3 Å². The van der Waals surface area contributed by atoms with Gasteiger partial charge in [-0.2, -0.15) is 13.2 Å². The molecule has 29 heavy (non-hydrogen) atoms. The first-order valence-corrected chi connectivity index (χ1v) is 9.13. The third kappa shape index (κ3) is 4.36. The zero-order valence-corrected chi connectivity index (χ0v) is 15.6. The molecule has 1 fully saturated rings. The van der Waals surface area contributed by atoms with E-state index in [4.69, 9.17) is 4.74 Å². The Morgan fingerprint density at radius 2 is 1.93 bits per heavy atom. The highest BCUT2D eigenvalue weighted by Crippen LogP contribution is 2.42. The predicted octanol–water partition coefficient (Wildman–Crippen LogP) is 4.34. The number of carbonyl (C=O) groups is 1. The van der Waals surface area contributed by atoms with Crippen LogP contribution in [-0.4, -0.2) is 35.6 Å². The lowest BCUT2D eigenvalue weighted by molar-refractivity contribution is -0.148. The van der Waals surface area contributed by atoms with Crippen LogP contribution in [0.3, 0.4) is 0 Å². The van der Waals surface area contributed by atoms with Gasteiger partial charge in [-0.1, -0.05) is 18.2 Å². The summed E-state index contributed by atoms with van der Waals surface area (Å²) in [5.74, 6) is -0.376. The summed E-state index contributed by atoms with van der Waals surface area (Å²) in [7, 11) is 0. The van der Waals surface area contributed by atoms with E-state index in [-0.39, 0.29) is 34.6 Å².